The number of nitrogens with two attached hydrogens (primary N) is 1. The SMILES string of the molecule is CC(C)c1nc(C2CCCCC2)ncc1NCCN. The van der Waals surface area contributed by atoms with E-state index >= 15 is 0 Å². The van der Waals surface area contributed by atoms with E-state index in [2.05, 4.69) is 24.1 Å². The Morgan fingerprint density at radius 2 is 2.05 bits per heavy atom. The lowest BCUT2D eigenvalue weighted by atomic mass is 9.88. The van der Waals surface area contributed by atoms with Crippen LogP contribution in [0, 0.1) is 0 Å². The number of nitrogens with one attached hydrogen (secondary N) is 1. The molecule has 0 spiro atoms. The van der Waals surface area contributed by atoms with Gasteiger partial charge in [0.05, 0.1) is 17.6 Å². The summed E-state index contributed by atoms with van der Waals surface area (Å²) in [4.78, 5) is 9.42. The average molecular weight is 262 g/mol. The number of aromatic nitrogens is 2. The van der Waals surface area contributed by atoms with Gasteiger partial charge in [-0.1, -0.05) is 33.1 Å². The second-order valence-electron chi connectivity index (χ2n) is 5.73. The molecular formula is C15H26N4. The van der Waals surface area contributed by atoms with E-state index in [0.29, 0.717) is 18.4 Å². The Balaban J connectivity index is 2.19. The average Bonchev–Trinajstić information content (AvgIpc) is 2.45. The number of hydrogen-bond donors (Lipinski definition) is 2. The van der Waals surface area contributed by atoms with E-state index in [4.69, 9.17) is 10.7 Å². The lowest BCUT2D eigenvalue weighted by molar-refractivity contribution is 0.427. The van der Waals surface area contributed by atoms with Crippen molar-refractivity contribution >= 4 is 5.69 Å². The summed E-state index contributed by atoms with van der Waals surface area (Å²) in [5, 5.41) is 3.32. The van der Waals surface area contributed by atoms with E-state index in [0.717, 1.165) is 23.8 Å². The predicted octanol–water partition coefficient (Wildman–Crippen LogP) is 3.02. The van der Waals surface area contributed by atoms with Crippen LogP contribution in [0.25, 0.3) is 0 Å². The minimum absolute atomic E-state index is 0.408. The third kappa shape index (κ3) is 3.66. The molecule has 1 aromatic rings. The van der Waals surface area contributed by atoms with Crippen LogP contribution in [-0.2, 0) is 0 Å². The summed E-state index contributed by atoms with van der Waals surface area (Å²) >= 11 is 0. The van der Waals surface area contributed by atoms with Gasteiger partial charge in [-0.3, -0.25) is 0 Å². The molecule has 0 bridgehead atoms. The second kappa shape index (κ2) is 6.85. The van der Waals surface area contributed by atoms with Crippen molar-refractivity contribution in [3.8, 4) is 0 Å². The van der Waals surface area contributed by atoms with Crippen molar-refractivity contribution in [3.05, 3.63) is 17.7 Å². The Morgan fingerprint density at radius 3 is 2.68 bits per heavy atom. The molecule has 1 heterocycles. The van der Waals surface area contributed by atoms with E-state index in [1.807, 2.05) is 6.20 Å². The van der Waals surface area contributed by atoms with E-state index in [1.165, 1.54) is 32.1 Å². The molecular weight excluding hydrogens is 236 g/mol. The first-order valence-electron chi connectivity index (χ1n) is 7.53. The molecule has 0 radical (unpaired) electrons. The Labute approximate surface area is 116 Å². The van der Waals surface area contributed by atoms with Gasteiger partial charge in [-0.25, -0.2) is 9.97 Å². The molecule has 4 heteroatoms. The monoisotopic (exact) mass is 262 g/mol. The second-order valence-corrected chi connectivity index (χ2v) is 5.73. The van der Waals surface area contributed by atoms with Gasteiger partial charge in [0.1, 0.15) is 5.82 Å². The van der Waals surface area contributed by atoms with Crippen LogP contribution in [0.1, 0.15) is 69.3 Å². The van der Waals surface area contributed by atoms with Crippen LogP contribution in [-0.4, -0.2) is 23.1 Å². The molecule has 3 N–H and O–H groups in total. The molecule has 0 aliphatic heterocycles. The Hall–Kier alpha value is -1.16. The van der Waals surface area contributed by atoms with Gasteiger partial charge in [0.25, 0.3) is 0 Å². The topological polar surface area (TPSA) is 63.8 Å². The molecule has 1 saturated carbocycles. The number of anilines is 1. The molecule has 106 valence electrons. The van der Waals surface area contributed by atoms with Crippen LogP contribution in [0.5, 0.6) is 0 Å². The third-order valence-electron chi connectivity index (χ3n) is 3.81. The van der Waals surface area contributed by atoms with Crippen molar-refractivity contribution < 1.29 is 0 Å². The van der Waals surface area contributed by atoms with Crippen molar-refractivity contribution in [1.82, 2.24) is 9.97 Å². The summed E-state index contributed by atoms with van der Waals surface area (Å²) < 4.78 is 0. The standard InChI is InChI=1S/C15H26N4/c1-11(2)14-13(17-9-8-16)10-18-15(19-14)12-6-4-3-5-7-12/h10-12,17H,3-9,16H2,1-2H3. The highest BCUT2D eigenvalue weighted by Crippen LogP contribution is 2.32. The van der Waals surface area contributed by atoms with Crippen LogP contribution in [0.3, 0.4) is 0 Å². The van der Waals surface area contributed by atoms with E-state index < -0.39 is 0 Å². The van der Waals surface area contributed by atoms with Crippen LogP contribution >= 0.6 is 0 Å². The van der Waals surface area contributed by atoms with Crippen molar-refractivity contribution in [1.29, 1.82) is 0 Å². The van der Waals surface area contributed by atoms with E-state index in [9.17, 15) is 0 Å². The van der Waals surface area contributed by atoms with Gasteiger partial charge >= 0.3 is 0 Å². The summed E-state index contributed by atoms with van der Waals surface area (Å²) in [7, 11) is 0. The minimum Gasteiger partial charge on any atom is -0.381 e. The molecule has 1 aromatic heterocycles. The fourth-order valence-electron chi connectivity index (χ4n) is 2.75. The largest absolute Gasteiger partial charge is 0.381 e. The highest BCUT2D eigenvalue weighted by molar-refractivity contribution is 5.47. The predicted molar refractivity (Wildman–Crippen MR) is 79.5 cm³/mol. The Kier molecular flexibility index (Phi) is 5.14. The van der Waals surface area contributed by atoms with Gasteiger partial charge in [-0.05, 0) is 18.8 Å². The van der Waals surface area contributed by atoms with Crippen LogP contribution in [0.2, 0.25) is 0 Å². The highest BCUT2D eigenvalue weighted by atomic mass is 15.0. The molecule has 0 saturated heterocycles. The van der Waals surface area contributed by atoms with Crippen molar-refractivity contribution in [2.24, 2.45) is 5.73 Å². The zero-order valence-corrected chi connectivity index (χ0v) is 12.2. The zero-order valence-electron chi connectivity index (χ0n) is 12.2. The first-order valence-corrected chi connectivity index (χ1v) is 7.53. The summed E-state index contributed by atoms with van der Waals surface area (Å²) in [6, 6.07) is 0. The molecule has 1 fully saturated rings. The van der Waals surface area contributed by atoms with Gasteiger partial charge in [0.2, 0.25) is 0 Å². The van der Waals surface area contributed by atoms with Crippen molar-refractivity contribution in [2.75, 3.05) is 18.4 Å². The maximum atomic E-state index is 5.55. The molecule has 1 aliphatic rings. The smallest absolute Gasteiger partial charge is 0.131 e. The lowest BCUT2D eigenvalue weighted by Crippen LogP contribution is -2.17. The van der Waals surface area contributed by atoms with Gasteiger partial charge in [-0.15, -0.1) is 0 Å². The molecule has 0 aromatic carbocycles. The summed E-state index contributed by atoms with van der Waals surface area (Å²) in [5.41, 5.74) is 7.72. The van der Waals surface area contributed by atoms with Crippen LogP contribution in [0.4, 0.5) is 5.69 Å². The van der Waals surface area contributed by atoms with Crippen molar-refractivity contribution in [2.45, 2.75) is 57.8 Å². The number of hydrogen-bond acceptors (Lipinski definition) is 4. The van der Waals surface area contributed by atoms with Crippen LogP contribution < -0.4 is 11.1 Å². The molecule has 2 rings (SSSR count). The normalized spacial score (nSPS) is 16.8. The maximum absolute atomic E-state index is 5.55. The Bertz CT molecular complexity index is 397. The summed E-state index contributed by atoms with van der Waals surface area (Å²) in [6.07, 6.45) is 8.43. The number of rotatable bonds is 5. The molecule has 4 nitrogen and oxygen atoms in total. The molecule has 1 aliphatic carbocycles. The third-order valence-corrected chi connectivity index (χ3v) is 3.81. The maximum Gasteiger partial charge on any atom is 0.131 e. The molecule has 19 heavy (non-hydrogen) atoms. The quantitative estimate of drug-likeness (QED) is 0.856. The highest BCUT2D eigenvalue weighted by Gasteiger charge is 2.20. The van der Waals surface area contributed by atoms with E-state index in [1.54, 1.807) is 0 Å². The fourth-order valence-corrected chi connectivity index (χ4v) is 2.75. The molecule has 0 unspecified atom stereocenters. The Morgan fingerprint density at radius 1 is 1.32 bits per heavy atom. The van der Waals surface area contributed by atoms with Gasteiger partial charge in [-0.2, -0.15) is 0 Å². The minimum atomic E-state index is 0.408. The van der Waals surface area contributed by atoms with Crippen LogP contribution in [0.15, 0.2) is 6.20 Å². The lowest BCUT2D eigenvalue weighted by Gasteiger charge is -2.22. The zero-order chi connectivity index (χ0) is 13.7. The fraction of sp³-hybridized carbons (Fsp3) is 0.733. The summed E-state index contributed by atoms with van der Waals surface area (Å²) in [6.45, 7) is 5.76. The molecule has 0 amide bonds. The van der Waals surface area contributed by atoms with Crippen molar-refractivity contribution in [3.63, 3.8) is 0 Å². The molecule has 0 atom stereocenters. The van der Waals surface area contributed by atoms with Gasteiger partial charge < -0.3 is 11.1 Å². The van der Waals surface area contributed by atoms with Gasteiger partial charge in [0.15, 0.2) is 0 Å². The van der Waals surface area contributed by atoms with Gasteiger partial charge in [0, 0.05) is 19.0 Å². The first kappa shape index (κ1) is 14.3. The summed E-state index contributed by atoms with van der Waals surface area (Å²) in [5.74, 6) is 2.02. The number of nitrogens with zero attached hydrogens (tertiary/aromatic N) is 2. The van der Waals surface area contributed by atoms with E-state index in [-0.39, 0.29) is 0 Å². The first-order chi connectivity index (χ1) is 9.22.